The first-order valence-electron chi connectivity index (χ1n) is 5.39. The highest BCUT2D eigenvalue weighted by molar-refractivity contribution is 7.84. The van der Waals surface area contributed by atoms with E-state index >= 15 is 0 Å². The van der Waals surface area contributed by atoms with Gasteiger partial charge in [-0.1, -0.05) is 12.1 Å². The fraction of sp³-hybridized carbons (Fsp3) is 0.500. The summed E-state index contributed by atoms with van der Waals surface area (Å²) in [4.78, 5) is 0. The summed E-state index contributed by atoms with van der Waals surface area (Å²) in [6.07, 6.45) is 1.66. The predicted octanol–water partition coefficient (Wildman–Crippen LogP) is 1.69. The molecule has 17 heavy (non-hydrogen) atoms. The Morgan fingerprint density at radius 1 is 1.53 bits per heavy atom. The Morgan fingerprint density at radius 2 is 2.24 bits per heavy atom. The van der Waals surface area contributed by atoms with Gasteiger partial charge in [0.25, 0.3) is 0 Å². The van der Waals surface area contributed by atoms with Crippen LogP contribution in [-0.2, 0) is 17.3 Å². The lowest BCUT2D eigenvalue weighted by Gasteiger charge is -2.13. The molecule has 1 aromatic rings. The van der Waals surface area contributed by atoms with Gasteiger partial charge in [0, 0.05) is 41.0 Å². The van der Waals surface area contributed by atoms with Crippen molar-refractivity contribution in [3.8, 4) is 5.75 Å². The van der Waals surface area contributed by atoms with E-state index in [9.17, 15) is 8.60 Å². The average molecular weight is 259 g/mol. The minimum absolute atomic E-state index is 0.0893. The van der Waals surface area contributed by atoms with Gasteiger partial charge in [-0.3, -0.25) is 4.21 Å². The second-order valence-electron chi connectivity index (χ2n) is 3.96. The van der Waals surface area contributed by atoms with Crippen LogP contribution in [0.15, 0.2) is 18.2 Å². The topological polar surface area (TPSA) is 38.3 Å². The Kier molecular flexibility index (Phi) is 5.58. The molecule has 1 rings (SSSR count). The molecule has 0 aliphatic carbocycles. The second kappa shape index (κ2) is 6.71. The molecule has 0 aliphatic rings. The van der Waals surface area contributed by atoms with Crippen molar-refractivity contribution < 1.29 is 13.3 Å². The van der Waals surface area contributed by atoms with Crippen molar-refractivity contribution in [2.24, 2.45) is 0 Å². The van der Waals surface area contributed by atoms with E-state index in [1.807, 2.05) is 6.92 Å². The minimum atomic E-state index is -0.846. The van der Waals surface area contributed by atoms with Crippen molar-refractivity contribution in [3.05, 3.63) is 29.6 Å². The first-order valence-corrected chi connectivity index (χ1v) is 7.12. The van der Waals surface area contributed by atoms with E-state index in [1.54, 1.807) is 24.5 Å². The van der Waals surface area contributed by atoms with Crippen molar-refractivity contribution in [2.75, 3.05) is 19.1 Å². The zero-order valence-electron chi connectivity index (χ0n) is 10.3. The molecule has 0 bridgehead atoms. The maximum atomic E-state index is 13.8. The Balaban J connectivity index is 2.60. The van der Waals surface area contributed by atoms with Gasteiger partial charge in [0.05, 0.1) is 7.11 Å². The number of halogens is 1. The quantitative estimate of drug-likeness (QED) is 0.845. The molecule has 2 unspecified atom stereocenters. The van der Waals surface area contributed by atoms with E-state index in [4.69, 9.17) is 4.74 Å². The summed E-state index contributed by atoms with van der Waals surface area (Å²) in [7, 11) is 0.597. The van der Waals surface area contributed by atoms with Gasteiger partial charge < -0.3 is 10.1 Å². The molecule has 1 aromatic carbocycles. The standard InChI is InChI=1S/C12H18FNO2S/c1-9(8-17(3)15)14-7-10-5-4-6-11(16-2)12(10)13/h4-6,9,14H,7-8H2,1-3H3. The van der Waals surface area contributed by atoms with Gasteiger partial charge in [0.2, 0.25) is 0 Å². The molecule has 0 amide bonds. The van der Waals surface area contributed by atoms with Crippen LogP contribution in [0.5, 0.6) is 5.75 Å². The molecule has 0 aliphatic heterocycles. The Hall–Kier alpha value is -0.940. The van der Waals surface area contributed by atoms with Crippen molar-refractivity contribution in [1.82, 2.24) is 5.32 Å². The van der Waals surface area contributed by atoms with Gasteiger partial charge in [0.1, 0.15) is 0 Å². The molecule has 0 radical (unpaired) electrons. The highest BCUT2D eigenvalue weighted by Gasteiger charge is 2.09. The molecule has 0 spiro atoms. The summed E-state index contributed by atoms with van der Waals surface area (Å²) in [5.41, 5.74) is 0.554. The fourth-order valence-electron chi connectivity index (χ4n) is 1.55. The van der Waals surface area contributed by atoms with Gasteiger partial charge in [-0.05, 0) is 13.0 Å². The number of rotatable bonds is 6. The third-order valence-electron chi connectivity index (χ3n) is 2.39. The molecule has 5 heteroatoms. The highest BCUT2D eigenvalue weighted by atomic mass is 32.2. The van der Waals surface area contributed by atoms with Crippen molar-refractivity contribution in [3.63, 3.8) is 0 Å². The minimum Gasteiger partial charge on any atom is -0.494 e. The fourth-order valence-corrected chi connectivity index (χ4v) is 2.37. The maximum Gasteiger partial charge on any atom is 0.169 e. The van der Waals surface area contributed by atoms with Gasteiger partial charge in [-0.15, -0.1) is 0 Å². The van der Waals surface area contributed by atoms with Crippen LogP contribution in [-0.4, -0.2) is 29.4 Å². The van der Waals surface area contributed by atoms with E-state index in [-0.39, 0.29) is 17.6 Å². The summed E-state index contributed by atoms with van der Waals surface area (Å²) in [5, 5.41) is 3.13. The summed E-state index contributed by atoms with van der Waals surface area (Å²) >= 11 is 0. The monoisotopic (exact) mass is 259 g/mol. The predicted molar refractivity (Wildman–Crippen MR) is 68.2 cm³/mol. The lowest BCUT2D eigenvalue weighted by Crippen LogP contribution is -2.30. The molecule has 0 aromatic heterocycles. The third-order valence-corrected chi connectivity index (χ3v) is 3.36. The largest absolute Gasteiger partial charge is 0.494 e. The molecule has 0 fully saturated rings. The molecular formula is C12H18FNO2S. The number of methoxy groups -OCH3 is 1. The lowest BCUT2D eigenvalue weighted by atomic mass is 10.2. The van der Waals surface area contributed by atoms with Gasteiger partial charge >= 0.3 is 0 Å². The van der Waals surface area contributed by atoms with E-state index in [2.05, 4.69) is 5.32 Å². The molecule has 1 N–H and O–H groups in total. The second-order valence-corrected chi connectivity index (χ2v) is 5.43. The number of nitrogens with one attached hydrogen (secondary N) is 1. The van der Waals surface area contributed by atoms with Crippen LogP contribution in [0.25, 0.3) is 0 Å². The SMILES string of the molecule is COc1cccc(CNC(C)CS(C)=O)c1F. The number of hydrogen-bond acceptors (Lipinski definition) is 3. The Labute approximate surface area is 104 Å². The van der Waals surface area contributed by atoms with E-state index in [0.29, 0.717) is 17.9 Å². The summed E-state index contributed by atoms with van der Waals surface area (Å²) in [5.74, 6) is 0.467. The maximum absolute atomic E-state index is 13.8. The molecule has 3 nitrogen and oxygen atoms in total. The first-order chi connectivity index (χ1) is 8.04. The van der Waals surface area contributed by atoms with Crippen LogP contribution in [0.4, 0.5) is 4.39 Å². The van der Waals surface area contributed by atoms with Gasteiger partial charge in [-0.25, -0.2) is 4.39 Å². The molecule has 0 saturated carbocycles. The summed E-state index contributed by atoms with van der Waals surface area (Å²) in [6.45, 7) is 2.33. The summed E-state index contributed by atoms with van der Waals surface area (Å²) < 4.78 is 29.7. The van der Waals surface area contributed by atoms with E-state index in [1.165, 1.54) is 7.11 Å². The molecular weight excluding hydrogens is 241 g/mol. The first kappa shape index (κ1) is 14.1. The van der Waals surface area contributed by atoms with Gasteiger partial charge in [0.15, 0.2) is 11.6 Å². The zero-order chi connectivity index (χ0) is 12.8. The Morgan fingerprint density at radius 3 is 2.82 bits per heavy atom. The van der Waals surface area contributed by atoms with Gasteiger partial charge in [-0.2, -0.15) is 0 Å². The third kappa shape index (κ3) is 4.44. The normalized spacial score (nSPS) is 14.4. The van der Waals surface area contributed by atoms with Crippen molar-refractivity contribution in [2.45, 2.75) is 19.5 Å². The molecule has 0 saturated heterocycles. The number of hydrogen-bond donors (Lipinski definition) is 1. The summed E-state index contributed by atoms with van der Waals surface area (Å²) in [6, 6.07) is 5.14. The highest BCUT2D eigenvalue weighted by Crippen LogP contribution is 2.19. The van der Waals surface area contributed by atoms with Crippen LogP contribution in [0.1, 0.15) is 12.5 Å². The van der Waals surface area contributed by atoms with Crippen molar-refractivity contribution >= 4 is 10.8 Å². The lowest BCUT2D eigenvalue weighted by molar-refractivity contribution is 0.383. The average Bonchev–Trinajstić information content (AvgIpc) is 2.27. The number of ether oxygens (including phenoxy) is 1. The molecule has 2 atom stereocenters. The van der Waals surface area contributed by atoms with Crippen LogP contribution >= 0.6 is 0 Å². The van der Waals surface area contributed by atoms with E-state index < -0.39 is 10.8 Å². The Bertz CT molecular complexity index is 398. The van der Waals surface area contributed by atoms with Crippen LogP contribution in [0, 0.1) is 5.82 Å². The molecule has 96 valence electrons. The molecule has 0 heterocycles. The van der Waals surface area contributed by atoms with E-state index in [0.717, 1.165) is 0 Å². The van der Waals surface area contributed by atoms with Crippen LogP contribution in [0.2, 0.25) is 0 Å². The van der Waals surface area contributed by atoms with Crippen molar-refractivity contribution in [1.29, 1.82) is 0 Å². The van der Waals surface area contributed by atoms with Crippen LogP contribution in [0.3, 0.4) is 0 Å². The smallest absolute Gasteiger partial charge is 0.169 e. The van der Waals surface area contributed by atoms with Crippen LogP contribution < -0.4 is 10.1 Å². The number of benzene rings is 1. The zero-order valence-corrected chi connectivity index (χ0v) is 11.1.